The molecule has 2 heterocycles. The van der Waals surface area contributed by atoms with Crippen LogP contribution in [0, 0.1) is 18.8 Å². The van der Waals surface area contributed by atoms with Crippen molar-refractivity contribution in [2.45, 2.75) is 38.1 Å². The lowest BCUT2D eigenvalue weighted by Gasteiger charge is -2.24. The van der Waals surface area contributed by atoms with Gasteiger partial charge < -0.3 is 10.3 Å². The Hall–Kier alpha value is -1.82. The van der Waals surface area contributed by atoms with Gasteiger partial charge in [0.2, 0.25) is 17.5 Å². The fourth-order valence-corrected chi connectivity index (χ4v) is 3.67. The Balaban J connectivity index is 1.64. The van der Waals surface area contributed by atoms with Crippen LogP contribution in [-0.4, -0.2) is 26.2 Å². The minimum absolute atomic E-state index is 0.154. The van der Waals surface area contributed by atoms with Gasteiger partial charge in [-0.2, -0.15) is 4.98 Å². The third-order valence-corrected chi connectivity index (χ3v) is 4.69. The average molecular weight is 271 g/mol. The molecule has 2 bridgehead atoms. The van der Waals surface area contributed by atoms with Gasteiger partial charge in [0.1, 0.15) is 0 Å². The van der Waals surface area contributed by atoms with Gasteiger partial charge in [0.15, 0.2) is 0 Å². The normalized spacial score (nSPS) is 31.9. The van der Waals surface area contributed by atoms with E-state index in [4.69, 9.17) is 10.3 Å². The number of aromatic nitrogens is 4. The number of nitrogens with two attached hydrogens (primary N) is 1. The van der Waals surface area contributed by atoms with Gasteiger partial charge in [-0.05, 0) is 43.6 Å². The summed E-state index contributed by atoms with van der Waals surface area (Å²) in [5.41, 5.74) is 7.31. The third kappa shape index (κ3) is 1.75. The van der Waals surface area contributed by atoms with Crippen molar-refractivity contribution in [3.63, 3.8) is 0 Å². The fourth-order valence-electron chi connectivity index (χ4n) is 3.67. The maximum absolute atomic E-state index is 6.30. The number of nitrogens with zero attached hydrogens (tertiary/aromatic N) is 4. The van der Waals surface area contributed by atoms with E-state index in [1.165, 1.54) is 19.3 Å². The Morgan fingerprint density at radius 2 is 1.90 bits per heavy atom. The predicted octanol–water partition coefficient (Wildman–Crippen LogP) is 1.68. The highest BCUT2D eigenvalue weighted by molar-refractivity contribution is 5.41. The quantitative estimate of drug-likeness (QED) is 0.893. The summed E-state index contributed by atoms with van der Waals surface area (Å²) in [5.74, 6) is 3.04. The summed E-state index contributed by atoms with van der Waals surface area (Å²) >= 11 is 0. The van der Waals surface area contributed by atoms with Crippen LogP contribution in [0.5, 0.6) is 0 Å². The first-order valence-electron chi connectivity index (χ1n) is 7.10. The Bertz CT molecular complexity index is 621. The van der Waals surface area contributed by atoms with Crippen molar-refractivity contribution in [3.05, 3.63) is 23.8 Å². The molecule has 2 aliphatic carbocycles. The van der Waals surface area contributed by atoms with Gasteiger partial charge >= 0.3 is 0 Å². The van der Waals surface area contributed by atoms with Crippen LogP contribution in [0.1, 0.15) is 36.6 Å². The van der Waals surface area contributed by atoms with Crippen molar-refractivity contribution < 1.29 is 4.52 Å². The van der Waals surface area contributed by atoms with E-state index in [1.54, 1.807) is 12.4 Å². The van der Waals surface area contributed by atoms with Crippen LogP contribution in [-0.2, 0) is 0 Å². The monoisotopic (exact) mass is 271 g/mol. The largest absolute Gasteiger partial charge is 0.338 e. The summed E-state index contributed by atoms with van der Waals surface area (Å²) in [6.45, 7) is 1.94. The van der Waals surface area contributed by atoms with Crippen molar-refractivity contribution in [2.24, 2.45) is 17.6 Å². The van der Waals surface area contributed by atoms with Crippen LogP contribution in [0.3, 0.4) is 0 Å². The lowest BCUT2D eigenvalue weighted by atomic mass is 9.85. The van der Waals surface area contributed by atoms with Crippen LogP contribution in [0.15, 0.2) is 16.9 Å². The molecule has 0 radical (unpaired) electrons. The van der Waals surface area contributed by atoms with Crippen molar-refractivity contribution in [3.8, 4) is 11.6 Å². The topological polar surface area (TPSA) is 90.7 Å². The minimum atomic E-state index is 0.154. The highest BCUT2D eigenvalue weighted by atomic mass is 16.5. The second-order valence-electron chi connectivity index (χ2n) is 5.98. The summed E-state index contributed by atoms with van der Waals surface area (Å²) in [7, 11) is 0. The van der Waals surface area contributed by atoms with E-state index in [1.807, 2.05) is 6.92 Å². The van der Waals surface area contributed by atoms with Crippen molar-refractivity contribution in [1.29, 1.82) is 0 Å². The minimum Gasteiger partial charge on any atom is -0.338 e. The number of hydrogen-bond donors (Lipinski definition) is 1. The Kier molecular flexibility index (Phi) is 2.60. The first-order chi connectivity index (χ1) is 9.72. The van der Waals surface area contributed by atoms with Crippen LogP contribution < -0.4 is 5.73 Å². The Morgan fingerprint density at radius 3 is 2.60 bits per heavy atom. The maximum atomic E-state index is 6.30. The van der Waals surface area contributed by atoms with Gasteiger partial charge in [0.25, 0.3) is 0 Å². The molecule has 2 saturated carbocycles. The SMILES string of the molecule is Cc1cnc(-c2noc(C3C4CCC(C4)C3N)n2)nc1. The molecule has 6 heteroatoms. The smallest absolute Gasteiger partial charge is 0.240 e. The standard InChI is InChI=1S/C14H17N5O/c1-7-5-16-12(17-6-7)13-18-14(20-19-13)10-8-2-3-9(4-8)11(10)15/h5-6,8-11H,2-4,15H2,1H3. The van der Waals surface area contributed by atoms with E-state index in [0.717, 1.165) is 5.56 Å². The molecule has 6 nitrogen and oxygen atoms in total. The summed E-state index contributed by atoms with van der Waals surface area (Å²) in [4.78, 5) is 12.9. The molecule has 20 heavy (non-hydrogen) atoms. The van der Waals surface area contributed by atoms with Gasteiger partial charge in [-0.1, -0.05) is 5.16 Å². The third-order valence-electron chi connectivity index (χ3n) is 4.69. The number of fused-ring (bicyclic) bond motifs is 2. The number of aryl methyl sites for hydroxylation is 1. The summed E-state index contributed by atoms with van der Waals surface area (Å²) in [6.07, 6.45) is 7.17. The molecule has 0 aliphatic heterocycles. The zero-order valence-corrected chi connectivity index (χ0v) is 11.4. The van der Waals surface area contributed by atoms with Gasteiger partial charge in [-0.15, -0.1) is 0 Å². The van der Waals surface area contributed by atoms with Gasteiger partial charge in [0.05, 0.1) is 5.92 Å². The maximum Gasteiger partial charge on any atom is 0.240 e. The first-order valence-corrected chi connectivity index (χ1v) is 7.10. The van der Waals surface area contributed by atoms with Gasteiger partial charge in [-0.25, -0.2) is 9.97 Å². The molecule has 0 aromatic carbocycles. The van der Waals surface area contributed by atoms with Gasteiger partial charge in [0, 0.05) is 18.4 Å². The molecule has 4 atom stereocenters. The second-order valence-corrected chi connectivity index (χ2v) is 5.98. The molecule has 2 aliphatic rings. The molecule has 0 amide bonds. The lowest BCUT2D eigenvalue weighted by molar-refractivity contribution is 0.279. The predicted molar refractivity (Wildman–Crippen MR) is 71.6 cm³/mol. The average Bonchev–Trinajstić information content (AvgIpc) is 3.14. The van der Waals surface area contributed by atoms with Crippen LogP contribution in [0.2, 0.25) is 0 Å². The highest BCUT2D eigenvalue weighted by Gasteiger charge is 2.48. The summed E-state index contributed by atoms with van der Waals surface area (Å²) in [5, 5.41) is 4.01. The molecule has 104 valence electrons. The summed E-state index contributed by atoms with van der Waals surface area (Å²) in [6, 6.07) is 0.154. The van der Waals surface area contributed by atoms with Crippen molar-refractivity contribution >= 4 is 0 Å². The molecule has 0 spiro atoms. The first kappa shape index (κ1) is 12.0. The van der Waals surface area contributed by atoms with E-state index in [2.05, 4.69) is 20.1 Å². The number of rotatable bonds is 2. The number of hydrogen-bond acceptors (Lipinski definition) is 6. The van der Waals surface area contributed by atoms with Gasteiger partial charge in [-0.3, -0.25) is 0 Å². The zero-order chi connectivity index (χ0) is 13.7. The van der Waals surface area contributed by atoms with Crippen molar-refractivity contribution in [2.75, 3.05) is 0 Å². The fraction of sp³-hybridized carbons (Fsp3) is 0.571. The highest BCUT2D eigenvalue weighted by Crippen LogP contribution is 2.51. The molecule has 4 rings (SSSR count). The van der Waals surface area contributed by atoms with Crippen LogP contribution in [0.4, 0.5) is 0 Å². The molecular formula is C14H17N5O. The molecular weight excluding hydrogens is 254 g/mol. The van der Waals surface area contributed by atoms with Crippen molar-refractivity contribution in [1.82, 2.24) is 20.1 Å². The molecule has 0 saturated heterocycles. The summed E-state index contributed by atoms with van der Waals surface area (Å²) < 4.78 is 5.44. The molecule has 2 aromatic heterocycles. The van der Waals surface area contributed by atoms with E-state index in [-0.39, 0.29) is 12.0 Å². The van der Waals surface area contributed by atoms with E-state index < -0.39 is 0 Å². The molecule has 4 unspecified atom stereocenters. The Labute approximate surface area is 116 Å². The van der Waals surface area contributed by atoms with Crippen LogP contribution >= 0.6 is 0 Å². The van der Waals surface area contributed by atoms with E-state index in [0.29, 0.717) is 29.4 Å². The lowest BCUT2D eigenvalue weighted by Crippen LogP contribution is -2.34. The second kappa shape index (κ2) is 4.34. The van der Waals surface area contributed by atoms with Crippen LogP contribution in [0.25, 0.3) is 11.6 Å². The van der Waals surface area contributed by atoms with E-state index >= 15 is 0 Å². The molecule has 2 fully saturated rings. The van der Waals surface area contributed by atoms with E-state index in [9.17, 15) is 0 Å². The molecule has 2 N–H and O–H groups in total. The Morgan fingerprint density at radius 1 is 1.15 bits per heavy atom. The molecule has 2 aromatic rings. The zero-order valence-electron chi connectivity index (χ0n) is 11.4.